The Morgan fingerprint density at radius 2 is 2.28 bits per heavy atom. The SMILES string of the molecule is COc1ncc(Cl)c(NCc2cccc(F)c2)n1. The van der Waals surface area contributed by atoms with Gasteiger partial charge in [-0.15, -0.1) is 0 Å². The van der Waals surface area contributed by atoms with Crippen LogP contribution in [0.3, 0.4) is 0 Å². The monoisotopic (exact) mass is 267 g/mol. The van der Waals surface area contributed by atoms with Gasteiger partial charge in [-0.05, 0) is 17.7 Å². The molecule has 1 heterocycles. The van der Waals surface area contributed by atoms with Crippen molar-refractivity contribution in [2.45, 2.75) is 6.54 Å². The molecule has 0 unspecified atom stereocenters. The van der Waals surface area contributed by atoms with E-state index in [9.17, 15) is 4.39 Å². The summed E-state index contributed by atoms with van der Waals surface area (Å²) in [7, 11) is 1.47. The lowest BCUT2D eigenvalue weighted by molar-refractivity contribution is 0.380. The van der Waals surface area contributed by atoms with Crippen LogP contribution in [-0.4, -0.2) is 17.1 Å². The maximum absolute atomic E-state index is 13.0. The van der Waals surface area contributed by atoms with Gasteiger partial charge >= 0.3 is 6.01 Å². The third kappa shape index (κ3) is 3.07. The van der Waals surface area contributed by atoms with E-state index in [2.05, 4.69) is 15.3 Å². The Hall–Kier alpha value is -1.88. The van der Waals surface area contributed by atoms with Crippen LogP contribution in [0.25, 0.3) is 0 Å². The van der Waals surface area contributed by atoms with Crippen LogP contribution in [0.4, 0.5) is 10.2 Å². The van der Waals surface area contributed by atoms with Crippen LogP contribution in [0.5, 0.6) is 6.01 Å². The Bertz CT molecular complexity index is 551. The largest absolute Gasteiger partial charge is 0.467 e. The number of halogens is 2. The Morgan fingerprint density at radius 3 is 3.00 bits per heavy atom. The van der Waals surface area contributed by atoms with Crippen molar-refractivity contribution in [2.75, 3.05) is 12.4 Å². The number of hydrogen-bond donors (Lipinski definition) is 1. The van der Waals surface area contributed by atoms with Gasteiger partial charge in [-0.25, -0.2) is 9.37 Å². The summed E-state index contributed by atoms with van der Waals surface area (Å²) in [6.07, 6.45) is 1.45. The van der Waals surface area contributed by atoms with Gasteiger partial charge in [0.05, 0.1) is 13.3 Å². The smallest absolute Gasteiger partial charge is 0.318 e. The number of nitrogens with zero attached hydrogens (tertiary/aromatic N) is 2. The molecule has 1 N–H and O–H groups in total. The molecule has 0 aliphatic rings. The van der Waals surface area contributed by atoms with Crippen molar-refractivity contribution in [3.8, 4) is 6.01 Å². The molecule has 1 aromatic heterocycles. The first kappa shape index (κ1) is 12.6. The first-order chi connectivity index (χ1) is 8.69. The highest BCUT2D eigenvalue weighted by Gasteiger charge is 2.05. The molecular weight excluding hydrogens is 257 g/mol. The van der Waals surface area contributed by atoms with E-state index in [4.69, 9.17) is 16.3 Å². The molecule has 0 saturated carbocycles. The minimum absolute atomic E-state index is 0.223. The summed E-state index contributed by atoms with van der Waals surface area (Å²) in [4.78, 5) is 7.92. The molecule has 0 radical (unpaired) electrons. The number of methoxy groups -OCH3 is 1. The van der Waals surface area contributed by atoms with Gasteiger partial charge in [0.2, 0.25) is 0 Å². The Balaban J connectivity index is 2.10. The van der Waals surface area contributed by atoms with Gasteiger partial charge in [0.1, 0.15) is 10.8 Å². The van der Waals surface area contributed by atoms with Crippen LogP contribution in [0.1, 0.15) is 5.56 Å². The molecule has 0 amide bonds. The number of hydrogen-bond acceptors (Lipinski definition) is 4. The number of rotatable bonds is 4. The summed E-state index contributed by atoms with van der Waals surface area (Å²) in [5.41, 5.74) is 0.795. The van der Waals surface area contributed by atoms with Gasteiger partial charge in [-0.2, -0.15) is 4.98 Å². The van der Waals surface area contributed by atoms with E-state index >= 15 is 0 Å². The summed E-state index contributed by atoms with van der Waals surface area (Å²) in [6.45, 7) is 0.414. The van der Waals surface area contributed by atoms with Gasteiger partial charge in [-0.1, -0.05) is 23.7 Å². The molecule has 94 valence electrons. The molecule has 0 saturated heterocycles. The standard InChI is InChI=1S/C12H11ClFN3O/c1-18-12-16-7-10(13)11(17-12)15-6-8-3-2-4-9(14)5-8/h2-5,7H,6H2,1H3,(H,15,16,17). The lowest BCUT2D eigenvalue weighted by Crippen LogP contribution is -2.04. The highest BCUT2D eigenvalue weighted by molar-refractivity contribution is 6.32. The quantitative estimate of drug-likeness (QED) is 0.925. The highest BCUT2D eigenvalue weighted by atomic mass is 35.5. The topological polar surface area (TPSA) is 47.0 Å². The van der Waals surface area contributed by atoms with Gasteiger partial charge in [0, 0.05) is 6.54 Å². The summed E-state index contributed by atoms with van der Waals surface area (Å²) in [5, 5.41) is 3.38. The van der Waals surface area contributed by atoms with E-state index in [0.29, 0.717) is 17.4 Å². The van der Waals surface area contributed by atoms with Crippen molar-refractivity contribution in [3.05, 3.63) is 46.9 Å². The van der Waals surface area contributed by atoms with Crippen molar-refractivity contribution in [3.63, 3.8) is 0 Å². The van der Waals surface area contributed by atoms with E-state index in [1.807, 2.05) is 6.07 Å². The normalized spacial score (nSPS) is 10.2. The second-order valence-corrected chi connectivity index (χ2v) is 3.94. The van der Waals surface area contributed by atoms with Gasteiger partial charge in [-0.3, -0.25) is 0 Å². The van der Waals surface area contributed by atoms with E-state index in [1.165, 1.54) is 25.4 Å². The minimum atomic E-state index is -0.277. The van der Waals surface area contributed by atoms with Crippen molar-refractivity contribution >= 4 is 17.4 Å². The Kier molecular flexibility index (Phi) is 3.94. The predicted octanol–water partition coefficient (Wildman–Crippen LogP) is 2.89. The zero-order valence-electron chi connectivity index (χ0n) is 9.65. The summed E-state index contributed by atoms with van der Waals surface area (Å²) in [6, 6.07) is 6.52. The lowest BCUT2D eigenvalue weighted by Gasteiger charge is -2.08. The van der Waals surface area contributed by atoms with Gasteiger partial charge < -0.3 is 10.1 Å². The average Bonchev–Trinajstić information content (AvgIpc) is 2.38. The highest BCUT2D eigenvalue weighted by Crippen LogP contribution is 2.20. The first-order valence-corrected chi connectivity index (χ1v) is 5.61. The summed E-state index contributed by atoms with van der Waals surface area (Å²) < 4.78 is 17.9. The maximum Gasteiger partial charge on any atom is 0.318 e. The molecule has 0 aliphatic carbocycles. The molecule has 2 aromatic rings. The second-order valence-electron chi connectivity index (χ2n) is 3.54. The van der Waals surface area contributed by atoms with Gasteiger partial charge in [0.15, 0.2) is 5.82 Å². The zero-order chi connectivity index (χ0) is 13.0. The number of nitrogens with one attached hydrogen (secondary N) is 1. The van der Waals surface area contributed by atoms with Crippen LogP contribution in [0.15, 0.2) is 30.5 Å². The number of aromatic nitrogens is 2. The molecular formula is C12H11ClFN3O. The van der Waals surface area contributed by atoms with E-state index in [0.717, 1.165) is 5.56 Å². The van der Waals surface area contributed by atoms with E-state index < -0.39 is 0 Å². The summed E-state index contributed by atoms with van der Waals surface area (Å²) >= 11 is 5.93. The molecule has 0 bridgehead atoms. The molecule has 0 fully saturated rings. The fourth-order valence-electron chi connectivity index (χ4n) is 1.41. The molecule has 1 aromatic carbocycles. The number of ether oxygens (including phenoxy) is 1. The third-order valence-corrected chi connectivity index (χ3v) is 2.53. The van der Waals surface area contributed by atoms with Crippen molar-refractivity contribution in [1.82, 2.24) is 9.97 Å². The Morgan fingerprint density at radius 1 is 1.44 bits per heavy atom. The molecule has 0 spiro atoms. The third-order valence-electron chi connectivity index (χ3n) is 2.25. The van der Waals surface area contributed by atoms with E-state index in [-0.39, 0.29) is 11.8 Å². The molecule has 0 atom stereocenters. The molecule has 0 aliphatic heterocycles. The molecule has 18 heavy (non-hydrogen) atoms. The van der Waals surface area contributed by atoms with Crippen molar-refractivity contribution in [2.24, 2.45) is 0 Å². The van der Waals surface area contributed by atoms with E-state index in [1.54, 1.807) is 6.07 Å². The van der Waals surface area contributed by atoms with Crippen molar-refractivity contribution < 1.29 is 9.13 Å². The number of anilines is 1. The number of benzene rings is 1. The van der Waals surface area contributed by atoms with Gasteiger partial charge in [0.25, 0.3) is 0 Å². The Labute approximate surface area is 109 Å². The second kappa shape index (κ2) is 5.64. The van der Waals surface area contributed by atoms with Crippen molar-refractivity contribution in [1.29, 1.82) is 0 Å². The van der Waals surface area contributed by atoms with Crippen LogP contribution in [0, 0.1) is 5.82 Å². The van der Waals surface area contributed by atoms with Crippen LogP contribution in [-0.2, 0) is 6.54 Å². The predicted molar refractivity (Wildman–Crippen MR) is 67.3 cm³/mol. The minimum Gasteiger partial charge on any atom is -0.467 e. The van der Waals surface area contributed by atoms with Crippen LogP contribution >= 0.6 is 11.6 Å². The summed E-state index contributed by atoms with van der Waals surface area (Å²) in [5.74, 6) is 0.174. The average molecular weight is 268 g/mol. The molecule has 4 nitrogen and oxygen atoms in total. The lowest BCUT2D eigenvalue weighted by atomic mass is 10.2. The fraction of sp³-hybridized carbons (Fsp3) is 0.167. The molecule has 6 heteroatoms. The molecule has 2 rings (SSSR count). The fourth-order valence-corrected chi connectivity index (χ4v) is 1.56. The zero-order valence-corrected chi connectivity index (χ0v) is 10.4. The van der Waals surface area contributed by atoms with Crippen LogP contribution in [0.2, 0.25) is 5.02 Å². The van der Waals surface area contributed by atoms with Crippen LogP contribution < -0.4 is 10.1 Å². The maximum atomic E-state index is 13.0. The first-order valence-electron chi connectivity index (χ1n) is 5.24.